The number of amides is 2. The Morgan fingerprint density at radius 2 is 1.76 bits per heavy atom. The second-order valence-corrected chi connectivity index (χ2v) is 13.0. The summed E-state index contributed by atoms with van der Waals surface area (Å²) in [5, 5.41) is 9.95. The van der Waals surface area contributed by atoms with Crippen molar-refractivity contribution >= 4 is 39.3 Å². The van der Waals surface area contributed by atoms with Crippen LogP contribution in [0, 0.1) is 23.7 Å². The Hall–Kier alpha value is -3.38. The fraction of sp³-hybridized carbons (Fsp3) is 0.484. The maximum absolute atomic E-state index is 13.4. The average molecular weight is 593 g/mol. The minimum Gasteiger partial charge on any atom is -0.508 e. The fourth-order valence-corrected chi connectivity index (χ4v) is 8.95. The van der Waals surface area contributed by atoms with Gasteiger partial charge in [0.15, 0.2) is 10.6 Å². The highest BCUT2D eigenvalue weighted by Gasteiger charge is 2.76. The molecule has 2 aromatic carbocycles. The van der Waals surface area contributed by atoms with Gasteiger partial charge in [-0.3, -0.25) is 19.3 Å². The van der Waals surface area contributed by atoms with Crippen LogP contribution >= 0.6 is 11.3 Å². The summed E-state index contributed by atoms with van der Waals surface area (Å²) in [5.74, 6) is -0.411. The lowest BCUT2D eigenvalue weighted by Crippen LogP contribution is -2.76. The van der Waals surface area contributed by atoms with Gasteiger partial charge in [-0.1, -0.05) is 12.1 Å². The number of imide groups is 1. The molecular formula is C31H32N2O8S. The van der Waals surface area contributed by atoms with E-state index in [9.17, 15) is 19.5 Å². The lowest BCUT2D eigenvalue weighted by atomic mass is 9.47. The average Bonchev–Trinajstić information content (AvgIpc) is 3.35. The van der Waals surface area contributed by atoms with Crippen molar-refractivity contribution in [1.29, 1.82) is 0 Å². The van der Waals surface area contributed by atoms with Crippen LogP contribution in [0.2, 0.25) is 0 Å². The Balaban J connectivity index is 1.18. The second kappa shape index (κ2) is 10.1. The van der Waals surface area contributed by atoms with Gasteiger partial charge in [0.05, 0.1) is 23.4 Å². The highest BCUT2D eigenvalue weighted by Crippen LogP contribution is 2.69. The Morgan fingerprint density at radius 1 is 1.02 bits per heavy atom. The third kappa shape index (κ3) is 4.24. The molecule has 1 atom stereocenters. The van der Waals surface area contributed by atoms with E-state index in [1.165, 1.54) is 32.4 Å². The zero-order valence-electron chi connectivity index (χ0n) is 23.4. The molecule has 10 nitrogen and oxygen atoms in total. The highest BCUT2D eigenvalue weighted by atomic mass is 32.1. The van der Waals surface area contributed by atoms with Crippen LogP contribution in [0.15, 0.2) is 42.5 Å². The molecule has 11 heteroatoms. The van der Waals surface area contributed by atoms with Gasteiger partial charge in [-0.25, -0.2) is 9.87 Å². The predicted molar refractivity (Wildman–Crippen MR) is 150 cm³/mol. The number of carbonyl (C=O) groups excluding carboxylic acids is 3. The molecule has 4 bridgehead atoms. The number of esters is 1. The Labute approximate surface area is 246 Å². The number of ether oxygens (including phenoxy) is 2. The van der Waals surface area contributed by atoms with E-state index in [-0.39, 0.29) is 35.7 Å². The smallest absolute Gasteiger partial charge is 0.308 e. The number of nitrogens with zero attached hydrogens (tertiary/aromatic N) is 2. The summed E-state index contributed by atoms with van der Waals surface area (Å²) in [4.78, 5) is 55.4. The van der Waals surface area contributed by atoms with Crippen LogP contribution in [0.4, 0.5) is 0 Å². The van der Waals surface area contributed by atoms with Gasteiger partial charge in [0.25, 0.3) is 11.7 Å². The number of thiazole rings is 1. The lowest BCUT2D eigenvalue weighted by molar-refractivity contribution is -0.648. The van der Waals surface area contributed by atoms with E-state index in [0.717, 1.165) is 41.9 Å². The minimum absolute atomic E-state index is 0.00773. The normalized spacial score (nSPS) is 30.8. The number of rotatable bonds is 7. The van der Waals surface area contributed by atoms with Gasteiger partial charge >= 0.3 is 5.97 Å². The van der Waals surface area contributed by atoms with Gasteiger partial charge in [0.1, 0.15) is 11.5 Å². The molecule has 0 radical (unpaired) electrons. The Kier molecular flexibility index (Phi) is 6.61. The number of hydrogen-bond acceptors (Lipinski definition) is 10. The first kappa shape index (κ1) is 27.5. The van der Waals surface area contributed by atoms with Crippen LogP contribution in [0.25, 0.3) is 10.2 Å². The highest BCUT2D eigenvalue weighted by molar-refractivity contribution is 7.20. The molecule has 42 heavy (non-hydrogen) atoms. The standard InChI is InChI=1S/C31H32N2O8S/c1-17(34)33(29(37)28-32-26-7-6-24(36)16-27(26)42-28)8-9-38-31(21-4-3-5-25(15-21)39-18(2)35)30(40-41-31)22-11-19-10-20(13-22)14-23(30)12-19/h3-7,15-16,19-20,22-23,36H,8-14H2,1-2H3. The minimum atomic E-state index is -1.29. The summed E-state index contributed by atoms with van der Waals surface area (Å²) in [6, 6.07) is 11.8. The molecule has 3 aromatic rings. The second-order valence-electron chi connectivity index (χ2n) is 12.0. The number of aromatic nitrogens is 1. The number of aromatic hydroxyl groups is 1. The fourth-order valence-electron chi connectivity index (χ4n) is 8.00. The summed E-state index contributed by atoms with van der Waals surface area (Å²) in [5.41, 5.74) is 0.526. The van der Waals surface area contributed by atoms with E-state index < -0.39 is 29.2 Å². The molecule has 220 valence electrons. The number of phenolic OH excluding ortho intramolecular Hbond substituents is 1. The predicted octanol–water partition coefficient (Wildman–Crippen LogP) is 4.94. The molecule has 8 rings (SSSR count). The van der Waals surface area contributed by atoms with Gasteiger partial charge < -0.3 is 14.6 Å². The molecule has 1 unspecified atom stereocenters. The van der Waals surface area contributed by atoms with E-state index in [1.807, 2.05) is 6.07 Å². The van der Waals surface area contributed by atoms with Gasteiger partial charge in [0, 0.05) is 19.4 Å². The number of carbonyl (C=O) groups is 3. The molecule has 4 saturated carbocycles. The summed E-state index contributed by atoms with van der Waals surface area (Å²) in [6.45, 7) is 2.65. The van der Waals surface area contributed by atoms with Crippen LogP contribution in [-0.4, -0.2) is 51.5 Å². The third-order valence-electron chi connectivity index (χ3n) is 9.44. The van der Waals surface area contributed by atoms with E-state index in [0.29, 0.717) is 33.4 Å². The molecule has 5 fully saturated rings. The van der Waals surface area contributed by atoms with Crippen LogP contribution in [0.5, 0.6) is 11.5 Å². The first-order valence-electron chi connectivity index (χ1n) is 14.4. The number of benzene rings is 2. The van der Waals surface area contributed by atoms with Crippen molar-refractivity contribution in [3.63, 3.8) is 0 Å². The quantitative estimate of drug-likeness (QED) is 0.231. The Morgan fingerprint density at radius 3 is 2.40 bits per heavy atom. The van der Waals surface area contributed by atoms with Gasteiger partial charge in [0.2, 0.25) is 5.91 Å². The zero-order chi connectivity index (χ0) is 29.2. The summed E-state index contributed by atoms with van der Waals surface area (Å²) in [6.07, 6.45) is 5.42. The van der Waals surface area contributed by atoms with Gasteiger partial charge in [-0.15, -0.1) is 11.3 Å². The summed E-state index contributed by atoms with van der Waals surface area (Å²) in [7, 11) is 0. The molecule has 4 aliphatic carbocycles. The van der Waals surface area contributed by atoms with Crippen molar-refractivity contribution in [2.45, 2.75) is 57.3 Å². The maximum Gasteiger partial charge on any atom is 0.308 e. The molecule has 1 spiro atoms. The first-order valence-corrected chi connectivity index (χ1v) is 15.2. The number of hydrogen-bond donors (Lipinski definition) is 1. The molecular weight excluding hydrogens is 560 g/mol. The van der Waals surface area contributed by atoms with Crippen LogP contribution < -0.4 is 4.74 Å². The molecule has 1 saturated heterocycles. The van der Waals surface area contributed by atoms with Crippen molar-refractivity contribution in [2.24, 2.45) is 23.7 Å². The van der Waals surface area contributed by atoms with Crippen molar-refractivity contribution in [2.75, 3.05) is 13.2 Å². The number of phenols is 1. The van der Waals surface area contributed by atoms with Crippen LogP contribution in [-0.2, 0) is 29.9 Å². The van der Waals surface area contributed by atoms with Gasteiger partial charge in [-0.05, 0) is 86.1 Å². The molecule has 1 N–H and O–H groups in total. The zero-order valence-corrected chi connectivity index (χ0v) is 24.2. The van der Waals surface area contributed by atoms with Crippen molar-refractivity contribution in [3.8, 4) is 11.5 Å². The van der Waals surface area contributed by atoms with E-state index in [2.05, 4.69) is 4.98 Å². The first-order chi connectivity index (χ1) is 20.2. The van der Waals surface area contributed by atoms with Crippen molar-refractivity contribution < 1.29 is 38.7 Å². The monoisotopic (exact) mass is 592 g/mol. The van der Waals surface area contributed by atoms with Crippen molar-refractivity contribution in [3.05, 3.63) is 53.0 Å². The van der Waals surface area contributed by atoms with Gasteiger partial charge in [-0.2, -0.15) is 4.89 Å². The van der Waals surface area contributed by atoms with Crippen molar-refractivity contribution in [1.82, 2.24) is 9.88 Å². The SMILES string of the molecule is CC(=O)Oc1cccc(C2(OCCN(C(C)=O)C(=O)c3nc4ccc(O)cc4s3)OOC23C2CC4CC(C2)CC3C4)c1. The number of fused-ring (bicyclic) bond motifs is 1. The topological polar surface area (TPSA) is 124 Å². The van der Waals surface area contributed by atoms with Crippen LogP contribution in [0.1, 0.15) is 61.3 Å². The van der Waals surface area contributed by atoms with Crippen LogP contribution in [0.3, 0.4) is 0 Å². The third-order valence-corrected chi connectivity index (χ3v) is 10.4. The maximum atomic E-state index is 13.4. The molecule has 5 aliphatic rings. The molecule has 1 aliphatic heterocycles. The van der Waals surface area contributed by atoms with E-state index >= 15 is 0 Å². The summed E-state index contributed by atoms with van der Waals surface area (Å²) >= 11 is 1.11. The molecule has 1 aromatic heterocycles. The molecule has 2 heterocycles. The lowest BCUT2D eigenvalue weighted by Gasteiger charge is -2.69. The largest absolute Gasteiger partial charge is 0.508 e. The van der Waals surface area contributed by atoms with E-state index in [1.54, 1.807) is 24.3 Å². The van der Waals surface area contributed by atoms with E-state index in [4.69, 9.17) is 19.2 Å². The molecule has 2 amide bonds. The Bertz CT molecular complexity index is 1560. The summed E-state index contributed by atoms with van der Waals surface area (Å²) < 4.78 is 12.7.